The summed E-state index contributed by atoms with van der Waals surface area (Å²) in [7, 11) is 0. The minimum atomic E-state index is 0.800. The molecule has 0 aliphatic carbocycles. The smallest absolute Gasteiger partial charge is 0.0205 e. The third-order valence-corrected chi connectivity index (χ3v) is 3.26. The molecule has 2 nitrogen and oxygen atoms in total. The number of benzene rings is 1. The van der Waals surface area contributed by atoms with Crippen LogP contribution in [0.3, 0.4) is 0 Å². The van der Waals surface area contributed by atoms with Gasteiger partial charge in [0.1, 0.15) is 0 Å². The molecule has 0 bridgehead atoms. The molecule has 2 rings (SSSR count). The van der Waals surface area contributed by atoms with Crippen molar-refractivity contribution in [3.8, 4) is 0 Å². The molecule has 2 heteroatoms. The van der Waals surface area contributed by atoms with Crippen LogP contribution in [0.1, 0.15) is 12.5 Å². The number of nitrogens with one attached hydrogen (secondary N) is 2. The largest absolute Gasteiger partial charge is 0.316 e. The van der Waals surface area contributed by atoms with E-state index in [1.165, 1.54) is 18.7 Å². The molecule has 1 aromatic rings. The maximum absolute atomic E-state index is 3.53. The van der Waals surface area contributed by atoms with Gasteiger partial charge in [0.15, 0.2) is 0 Å². The van der Waals surface area contributed by atoms with Crippen molar-refractivity contribution in [1.82, 2.24) is 10.6 Å². The van der Waals surface area contributed by atoms with Crippen LogP contribution in [0, 0.1) is 11.8 Å². The van der Waals surface area contributed by atoms with Crippen molar-refractivity contribution in [2.24, 2.45) is 11.8 Å². The molecular weight excluding hydrogens is 184 g/mol. The normalized spacial score (nSPS) is 25.7. The van der Waals surface area contributed by atoms with Gasteiger partial charge in [-0.3, -0.25) is 0 Å². The molecule has 2 N–H and O–H groups in total. The van der Waals surface area contributed by atoms with Crippen LogP contribution in [0.15, 0.2) is 30.3 Å². The first-order valence-corrected chi connectivity index (χ1v) is 5.81. The molecule has 2 atom stereocenters. The second-order valence-electron chi connectivity index (χ2n) is 4.51. The summed E-state index contributed by atoms with van der Waals surface area (Å²) < 4.78 is 0. The zero-order chi connectivity index (χ0) is 10.5. The van der Waals surface area contributed by atoms with E-state index in [1.807, 2.05) is 0 Å². The summed E-state index contributed by atoms with van der Waals surface area (Å²) >= 11 is 0. The summed E-state index contributed by atoms with van der Waals surface area (Å²) in [5, 5.41) is 6.96. The molecule has 1 aliphatic heterocycles. The highest BCUT2D eigenvalue weighted by atomic mass is 14.9. The summed E-state index contributed by atoms with van der Waals surface area (Å²) in [6, 6.07) is 10.6. The van der Waals surface area contributed by atoms with Crippen LogP contribution in [0.4, 0.5) is 0 Å². The Morgan fingerprint density at radius 2 is 2.07 bits per heavy atom. The molecule has 0 radical (unpaired) electrons. The van der Waals surface area contributed by atoms with Crippen LogP contribution in [0.25, 0.3) is 0 Å². The molecule has 1 aliphatic rings. The van der Waals surface area contributed by atoms with E-state index >= 15 is 0 Å². The van der Waals surface area contributed by atoms with Gasteiger partial charge in [-0.25, -0.2) is 0 Å². The van der Waals surface area contributed by atoms with Gasteiger partial charge < -0.3 is 10.6 Å². The SMILES string of the molecule is C[C@@H]1CNC[C@H]1CNCc1ccccc1. The van der Waals surface area contributed by atoms with Crippen LogP contribution in [0.2, 0.25) is 0 Å². The minimum Gasteiger partial charge on any atom is -0.316 e. The Morgan fingerprint density at radius 1 is 1.27 bits per heavy atom. The van der Waals surface area contributed by atoms with Gasteiger partial charge in [0.05, 0.1) is 0 Å². The fourth-order valence-electron chi connectivity index (χ4n) is 2.14. The topological polar surface area (TPSA) is 24.1 Å². The van der Waals surface area contributed by atoms with Gasteiger partial charge in [-0.05, 0) is 37.0 Å². The fraction of sp³-hybridized carbons (Fsp3) is 0.538. The number of rotatable bonds is 4. The molecule has 0 amide bonds. The number of hydrogen-bond acceptors (Lipinski definition) is 2. The Kier molecular flexibility index (Phi) is 3.75. The molecule has 0 aromatic heterocycles. The summed E-state index contributed by atoms with van der Waals surface area (Å²) in [6.45, 7) is 6.79. The predicted octanol–water partition coefficient (Wildman–Crippen LogP) is 1.63. The van der Waals surface area contributed by atoms with E-state index in [2.05, 4.69) is 47.9 Å². The van der Waals surface area contributed by atoms with Gasteiger partial charge in [-0.1, -0.05) is 37.3 Å². The molecule has 15 heavy (non-hydrogen) atoms. The summed E-state index contributed by atoms with van der Waals surface area (Å²) in [5.41, 5.74) is 1.37. The van der Waals surface area contributed by atoms with Gasteiger partial charge in [0.25, 0.3) is 0 Å². The maximum atomic E-state index is 3.53. The molecule has 0 unspecified atom stereocenters. The first-order valence-electron chi connectivity index (χ1n) is 5.81. The summed E-state index contributed by atoms with van der Waals surface area (Å²) in [5.74, 6) is 1.61. The van der Waals surface area contributed by atoms with E-state index in [0.29, 0.717) is 0 Å². The van der Waals surface area contributed by atoms with Crippen molar-refractivity contribution in [3.05, 3.63) is 35.9 Å². The number of hydrogen-bond donors (Lipinski definition) is 2. The molecule has 1 fully saturated rings. The zero-order valence-electron chi connectivity index (χ0n) is 9.37. The van der Waals surface area contributed by atoms with Crippen molar-refractivity contribution in [2.75, 3.05) is 19.6 Å². The summed E-state index contributed by atoms with van der Waals surface area (Å²) in [4.78, 5) is 0. The first-order chi connectivity index (χ1) is 7.36. The molecule has 1 heterocycles. The maximum Gasteiger partial charge on any atom is 0.0205 e. The van der Waals surface area contributed by atoms with Gasteiger partial charge in [-0.2, -0.15) is 0 Å². The van der Waals surface area contributed by atoms with Gasteiger partial charge in [0, 0.05) is 6.54 Å². The molecule has 82 valence electrons. The highest BCUT2D eigenvalue weighted by molar-refractivity contribution is 5.14. The summed E-state index contributed by atoms with van der Waals surface area (Å²) in [6.07, 6.45) is 0. The van der Waals surface area contributed by atoms with Crippen molar-refractivity contribution < 1.29 is 0 Å². The van der Waals surface area contributed by atoms with Crippen molar-refractivity contribution in [2.45, 2.75) is 13.5 Å². The quantitative estimate of drug-likeness (QED) is 0.779. The highest BCUT2D eigenvalue weighted by Crippen LogP contribution is 2.14. The monoisotopic (exact) mass is 204 g/mol. The molecule has 0 saturated carbocycles. The lowest BCUT2D eigenvalue weighted by Gasteiger charge is -2.14. The lowest BCUT2D eigenvalue weighted by Crippen LogP contribution is -2.26. The van der Waals surface area contributed by atoms with E-state index < -0.39 is 0 Å². The van der Waals surface area contributed by atoms with E-state index in [9.17, 15) is 0 Å². The van der Waals surface area contributed by atoms with E-state index in [1.54, 1.807) is 0 Å². The highest BCUT2D eigenvalue weighted by Gasteiger charge is 2.21. The Balaban J connectivity index is 1.71. The Labute approximate surface area is 92.1 Å². The van der Waals surface area contributed by atoms with Crippen LogP contribution < -0.4 is 10.6 Å². The Hall–Kier alpha value is -0.860. The first kappa shape index (κ1) is 10.7. The second-order valence-corrected chi connectivity index (χ2v) is 4.51. The van der Waals surface area contributed by atoms with Crippen LogP contribution in [-0.4, -0.2) is 19.6 Å². The Morgan fingerprint density at radius 3 is 2.73 bits per heavy atom. The van der Waals surface area contributed by atoms with E-state index in [4.69, 9.17) is 0 Å². The van der Waals surface area contributed by atoms with Gasteiger partial charge in [-0.15, -0.1) is 0 Å². The van der Waals surface area contributed by atoms with Crippen LogP contribution in [-0.2, 0) is 6.54 Å². The van der Waals surface area contributed by atoms with Crippen molar-refractivity contribution >= 4 is 0 Å². The average Bonchev–Trinajstić information content (AvgIpc) is 2.66. The third kappa shape index (κ3) is 3.05. The van der Waals surface area contributed by atoms with Gasteiger partial charge >= 0.3 is 0 Å². The molecular formula is C13H20N2. The lowest BCUT2D eigenvalue weighted by atomic mass is 9.98. The lowest BCUT2D eigenvalue weighted by molar-refractivity contribution is 0.420. The molecule has 1 aromatic carbocycles. The predicted molar refractivity (Wildman–Crippen MR) is 63.7 cm³/mol. The van der Waals surface area contributed by atoms with E-state index in [0.717, 1.165) is 24.9 Å². The molecule has 1 saturated heterocycles. The molecule has 0 spiro atoms. The minimum absolute atomic E-state index is 0.800. The van der Waals surface area contributed by atoms with Crippen molar-refractivity contribution in [1.29, 1.82) is 0 Å². The standard InChI is InChI=1S/C13H20N2/c1-11-7-14-9-13(11)10-15-8-12-5-3-2-4-6-12/h2-6,11,13-15H,7-10H2,1H3/t11-,13+/m1/s1. The Bertz CT molecular complexity index is 284. The third-order valence-electron chi connectivity index (χ3n) is 3.26. The second kappa shape index (κ2) is 5.29. The van der Waals surface area contributed by atoms with Crippen LogP contribution in [0.5, 0.6) is 0 Å². The van der Waals surface area contributed by atoms with Crippen LogP contribution >= 0.6 is 0 Å². The van der Waals surface area contributed by atoms with Gasteiger partial charge in [0.2, 0.25) is 0 Å². The fourth-order valence-corrected chi connectivity index (χ4v) is 2.14. The van der Waals surface area contributed by atoms with E-state index in [-0.39, 0.29) is 0 Å². The van der Waals surface area contributed by atoms with Crippen molar-refractivity contribution in [3.63, 3.8) is 0 Å². The average molecular weight is 204 g/mol. The zero-order valence-corrected chi connectivity index (χ0v) is 9.37.